The first kappa shape index (κ1) is 22.4. The van der Waals surface area contributed by atoms with E-state index in [0.29, 0.717) is 0 Å². The van der Waals surface area contributed by atoms with Gasteiger partial charge in [0.15, 0.2) is 6.29 Å². The van der Waals surface area contributed by atoms with E-state index in [9.17, 15) is 40.5 Å². The lowest BCUT2D eigenvalue weighted by Crippen LogP contribution is -2.65. The molecule has 0 spiro atoms. The summed E-state index contributed by atoms with van der Waals surface area (Å²) >= 11 is 0. The Kier molecular flexibility index (Phi) is 7.49. The molecule has 1 unspecified atom stereocenters. The predicted octanol–water partition coefficient (Wildman–Crippen LogP) is -4.86. The van der Waals surface area contributed by atoms with Gasteiger partial charge in [0.1, 0.15) is 30.5 Å². The van der Waals surface area contributed by atoms with Gasteiger partial charge >= 0.3 is 0 Å². The van der Waals surface area contributed by atoms with Crippen LogP contribution < -0.4 is 5.32 Å². The van der Waals surface area contributed by atoms with Crippen molar-refractivity contribution in [3.63, 3.8) is 0 Å². The number of ether oxygens (including phenoxy) is 3. The van der Waals surface area contributed by atoms with Crippen LogP contribution >= 0.6 is 0 Å². The largest absolute Gasteiger partial charge is 0.394 e. The average molecular weight is 397 g/mol. The van der Waals surface area contributed by atoms with Crippen molar-refractivity contribution in [3.05, 3.63) is 0 Å². The topological polar surface area (TPSA) is 198 Å². The quantitative estimate of drug-likeness (QED) is 0.214. The van der Waals surface area contributed by atoms with Crippen molar-refractivity contribution < 1.29 is 54.8 Å². The standard InChI is InChI=1S/C15H27NO11/c1-6(19)16-10-12(22)11(21)9(3-17)26-14(10)25-4-7-2-8(20)13(23)15(24,5-18)27-7/h7-14,17-18,20-24H,2-5H2,1H3,(H,16,19)/t7-,8-,9-,10-,11-,12-,13+,14-,15?/m1/s1. The molecule has 9 atom stereocenters. The van der Waals surface area contributed by atoms with Gasteiger partial charge in [-0.05, 0) is 0 Å². The van der Waals surface area contributed by atoms with Gasteiger partial charge < -0.3 is 55.3 Å². The van der Waals surface area contributed by atoms with Crippen LogP contribution in [0.2, 0.25) is 0 Å². The maximum Gasteiger partial charge on any atom is 0.218 e. The maximum absolute atomic E-state index is 11.4. The van der Waals surface area contributed by atoms with Gasteiger partial charge in [0.25, 0.3) is 0 Å². The minimum atomic E-state index is -2.38. The Morgan fingerprint density at radius 1 is 1.22 bits per heavy atom. The lowest BCUT2D eigenvalue weighted by molar-refractivity contribution is -0.345. The van der Waals surface area contributed by atoms with Crippen molar-refractivity contribution in [2.45, 2.75) is 68.1 Å². The van der Waals surface area contributed by atoms with E-state index < -0.39 is 73.9 Å². The third kappa shape index (κ3) is 4.92. The normalized spacial score (nSPS) is 45.5. The molecule has 0 aromatic carbocycles. The molecule has 158 valence electrons. The van der Waals surface area contributed by atoms with Gasteiger partial charge in [-0.3, -0.25) is 4.79 Å². The van der Waals surface area contributed by atoms with E-state index in [1.807, 2.05) is 0 Å². The fraction of sp³-hybridized carbons (Fsp3) is 0.933. The Hall–Kier alpha value is -0.930. The van der Waals surface area contributed by atoms with Crippen LogP contribution in [0.25, 0.3) is 0 Å². The first-order valence-electron chi connectivity index (χ1n) is 8.51. The fourth-order valence-electron chi connectivity index (χ4n) is 3.15. The molecule has 0 aromatic heterocycles. The summed E-state index contributed by atoms with van der Waals surface area (Å²) in [5.74, 6) is -2.90. The van der Waals surface area contributed by atoms with E-state index in [2.05, 4.69) is 5.32 Å². The zero-order valence-electron chi connectivity index (χ0n) is 14.7. The second kappa shape index (κ2) is 9.05. The molecule has 2 aliphatic rings. The molecule has 1 amide bonds. The van der Waals surface area contributed by atoms with Gasteiger partial charge in [0.05, 0.1) is 32.0 Å². The molecule has 2 rings (SSSR count). The average Bonchev–Trinajstić information content (AvgIpc) is 2.62. The third-order valence-electron chi connectivity index (χ3n) is 4.63. The minimum Gasteiger partial charge on any atom is -0.394 e. The van der Waals surface area contributed by atoms with E-state index in [4.69, 9.17) is 14.2 Å². The summed E-state index contributed by atoms with van der Waals surface area (Å²) < 4.78 is 16.0. The summed E-state index contributed by atoms with van der Waals surface area (Å²) in [6, 6.07) is -1.16. The minimum absolute atomic E-state index is 0.129. The lowest BCUT2D eigenvalue weighted by Gasteiger charge is -2.44. The Morgan fingerprint density at radius 2 is 1.89 bits per heavy atom. The summed E-state index contributed by atoms with van der Waals surface area (Å²) in [6.45, 7) is -0.695. The summed E-state index contributed by atoms with van der Waals surface area (Å²) in [4.78, 5) is 11.4. The van der Waals surface area contributed by atoms with E-state index in [1.54, 1.807) is 0 Å². The van der Waals surface area contributed by atoms with Gasteiger partial charge in [-0.1, -0.05) is 0 Å². The van der Waals surface area contributed by atoms with E-state index in [0.717, 1.165) is 0 Å². The molecule has 0 aliphatic carbocycles. The molecule has 27 heavy (non-hydrogen) atoms. The number of amides is 1. The Morgan fingerprint density at radius 3 is 2.44 bits per heavy atom. The second-order valence-corrected chi connectivity index (χ2v) is 6.76. The molecule has 0 saturated carbocycles. The van der Waals surface area contributed by atoms with Crippen molar-refractivity contribution in [1.29, 1.82) is 0 Å². The second-order valence-electron chi connectivity index (χ2n) is 6.76. The summed E-state index contributed by atoms with van der Waals surface area (Å²) in [7, 11) is 0. The smallest absolute Gasteiger partial charge is 0.218 e. The molecular formula is C15H27NO11. The molecule has 12 heteroatoms. The molecule has 0 bridgehead atoms. The third-order valence-corrected chi connectivity index (χ3v) is 4.63. The van der Waals surface area contributed by atoms with Crippen LogP contribution in [0.5, 0.6) is 0 Å². The van der Waals surface area contributed by atoms with E-state index in [1.165, 1.54) is 6.92 Å². The first-order valence-corrected chi connectivity index (χ1v) is 8.51. The van der Waals surface area contributed by atoms with Crippen molar-refractivity contribution in [3.8, 4) is 0 Å². The molecule has 2 aliphatic heterocycles. The zero-order chi connectivity index (χ0) is 20.4. The summed E-state index contributed by atoms with van der Waals surface area (Å²) in [5.41, 5.74) is 0. The number of carbonyl (C=O) groups is 1. The molecular weight excluding hydrogens is 370 g/mol. The van der Waals surface area contributed by atoms with Crippen LogP contribution in [-0.4, -0.2) is 116 Å². The highest BCUT2D eigenvalue weighted by Crippen LogP contribution is 2.29. The number of nitrogens with one attached hydrogen (secondary N) is 1. The van der Waals surface area contributed by atoms with Crippen molar-refractivity contribution >= 4 is 5.91 Å². The number of carbonyl (C=O) groups excluding carboxylic acids is 1. The Bertz CT molecular complexity index is 508. The fourth-order valence-corrected chi connectivity index (χ4v) is 3.15. The van der Waals surface area contributed by atoms with Crippen molar-refractivity contribution in [2.24, 2.45) is 0 Å². The van der Waals surface area contributed by atoms with Gasteiger partial charge in [0, 0.05) is 13.3 Å². The van der Waals surface area contributed by atoms with Crippen LogP contribution in [0, 0.1) is 0 Å². The van der Waals surface area contributed by atoms with Crippen LogP contribution in [0.4, 0.5) is 0 Å². The van der Waals surface area contributed by atoms with Crippen LogP contribution in [0.3, 0.4) is 0 Å². The van der Waals surface area contributed by atoms with Crippen LogP contribution in [-0.2, 0) is 19.0 Å². The summed E-state index contributed by atoms with van der Waals surface area (Å²) in [5, 5.41) is 70.5. The highest BCUT2D eigenvalue weighted by molar-refractivity contribution is 5.73. The molecule has 0 radical (unpaired) electrons. The predicted molar refractivity (Wildman–Crippen MR) is 84.9 cm³/mol. The molecule has 0 aromatic rings. The van der Waals surface area contributed by atoms with Gasteiger partial charge in [-0.2, -0.15) is 0 Å². The van der Waals surface area contributed by atoms with Gasteiger partial charge in [-0.15, -0.1) is 0 Å². The van der Waals surface area contributed by atoms with E-state index in [-0.39, 0.29) is 13.0 Å². The maximum atomic E-state index is 11.4. The van der Waals surface area contributed by atoms with E-state index >= 15 is 0 Å². The molecule has 12 nitrogen and oxygen atoms in total. The first-order chi connectivity index (χ1) is 12.6. The zero-order valence-corrected chi connectivity index (χ0v) is 14.7. The lowest BCUT2D eigenvalue weighted by atomic mass is 9.95. The number of rotatable bonds is 6. The Balaban J connectivity index is 2.05. The molecule has 2 fully saturated rings. The van der Waals surface area contributed by atoms with Gasteiger partial charge in [-0.25, -0.2) is 0 Å². The number of hydrogen-bond acceptors (Lipinski definition) is 11. The molecule has 8 N–H and O–H groups in total. The van der Waals surface area contributed by atoms with Crippen molar-refractivity contribution in [2.75, 3.05) is 19.8 Å². The monoisotopic (exact) mass is 397 g/mol. The van der Waals surface area contributed by atoms with Crippen LogP contribution in [0.15, 0.2) is 0 Å². The summed E-state index contributed by atoms with van der Waals surface area (Å²) in [6.07, 6.45) is -9.58. The van der Waals surface area contributed by atoms with Crippen LogP contribution in [0.1, 0.15) is 13.3 Å². The highest BCUT2D eigenvalue weighted by Gasteiger charge is 2.49. The van der Waals surface area contributed by atoms with Crippen molar-refractivity contribution in [1.82, 2.24) is 5.32 Å². The highest BCUT2D eigenvalue weighted by atomic mass is 16.7. The number of aliphatic hydroxyl groups is 7. The number of aliphatic hydroxyl groups excluding tert-OH is 6. The molecule has 2 saturated heterocycles. The molecule has 2 heterocycles. The SMILES string of the molecule is CC(=O)N[C@H]1[C@H](OC[C@H]2C[C@@H](O)[C@H](O)C(O)(CO)O2)O[C@H](CO)[C@@H](O)[C@@H]1O. The Labute approximate surface area is 154 Å². The van der Waals surface area contributed by atoms with Gasteiger partial charge in [0.2, 0.25) is 11.7 Å². The number of hydrogen-bond donors (Lipinski definition) is 8.